The molecule has 4 N–H and O–H groups in total. The van der Waals surface area contributed by atoms with Crippen LogP contribution in [0.15, 0.2) is 0 Å². The molecule has 2 heterocycles. The summed E-state index contributed by atoms with van der Waals surface area (Å²) in [5, 5.41) is 31.8. The van der Waals surface area contributed by atoms with Crippen LogP contribution in [0.25, 0.3) is 0 Å². The third-order valence-electron chi connectivity index (χ3n) is 8.56. The van der Waals surface area contributed by atoms with E-state index < -0.39 is 23.3 Å². The lowest BCUT2D eigenvalue weighted by Gasteiger charge is -2.38. The van der Waals surface area contributed by atoms with Crippen LogP contribution in [-0.2, 0) is 24.0 Å². The van der Waals surface area contributed by atoms with Crippen molar-refractivity contribution in [3.05, 3.63) is 0 Å². The number of hydrogen-bond acceptors (Lipinski definition) is 10. The third kappa shape index (κ3) is 15.3. The number of carboxylic acid groups (broad SMARTS) is 3. The highest BCUT2D eigenvalue weighted by Crippen LogP contribution is 2.27. The first-order valence-corrected chi connectivity index (χ1v) is 16.5. The maximum atomic E-state index is 13.5. The van der Waals surface area contributed by atoms with Crippen LogP contribution >= 0.6 is 0 Å². The first kappa shape index (κ1) is 39.5. The van der Waals surface area contributed by atoms with E-state index in [1.54, 1.807) is 14.7 Å². The number of carboxylic acids is 3. The van der Waals surface area contributed by atoms with E-state index in [1.165, 1.54) is 0 Å². The quantitative estimate of drug-likeness (QED) is 0.229. The minimum atomic E-state index is -1.00. The van der Waals surface area contributed by atoms with Crippen molar-refractivity contribution in [3.8, 4) is 0 Å². The second kappa shape index (κ2) is 18.0. The van der Waals surface area contributed by atoms with E-state index in [0.29, 0.717) is 71.4 Å². The molecule has 2 fully saturated rings. The van der Waals surface area contributed by atoms with Crippen LogP contribution < -0.4 is 5.32 Å². The number of nitrogens with zero attached hydrogens (tertiary/aromatic N) is 5. The van der Waals surface area contributed by atoms with E-state index in [1.807, 2.05) is 30.6 Å². The van der Waals surface area contributed by atoms with Crippen LogP contribution in [0.2, 0.25) is 0 Å². The molecule has 0 aromatic carbocycles. The largest absolute Gasteiger partial charge is 0.480 e. The summed E-state index contributed by atoms with van der Waals surface area (Å²) in [6.45, 7) is 15.6. The van der Waals surface area contributed by atoms with E-state index in [-0.39, 0.29) is 49.5 Å². The van der Waals surface area contributed by atoms with Gasteiger partial charge in [-0.15, -0.1) is 0 Å². The first-order chi connectivity index (χ1) is 21.3. The number of amides is 1. The van der Waals surface area contributed by atoms with Crippen molar-refractivity contribution < 1.29 is 39.3 Å². The molecule has 1 atom stereocenters. The molecular weight excluding hydrogens is 596 g/mol. The van der Waals surface area contributed by atoms with Gasteiger partial charge in [0.15, 0.2) is 5.78 Å². The first-order valence-electron chi connectivity index (χ1n) is 16.5. The van der Waals surface area contributed by atoms with Gasteiger partial charge in [0, 0.05) is 76.4 Å². The molecule has 0 aromatic rings. The molecule has 0 aromatic heterocycles. The Morgan fingerprint density at radius 3 is 1.26 bits per heavy atom. The zero-order valence-electron chi connectivity index (χ0n) is 28.8. The van der Waals surface area contributed by atoms with Crippen LogP contribution in [-0.4, -0.2) is 173 Å². The van der Waals surface area contributed by atoms with E-state index in [0.717, 1.165) is 19.3 Å². The lowest BCUT2D eigenvalue weighted by molar-refractivity contribution is -0.141. The molecular formula is C32H58N6O8. The van der Waals surface area contributed by atoms with Crippen molar-refractivity contribution in [2.75, 3.05) is 91.6 Å². The SMILES string of the molecule is CC(C)(C)N[C@@H](CC1CCN(C(=O)CN2CCN(CC(=O)O)CCN(CC(=O)O)CCN(CC(=O)O)CC2)CC1)C(=O)C(C)(C)C. The molecule has 46 heavy (non-hydrogen) atoms. The molecule has 0 aliphatic carbocycles. The van der Waals surface area contributed by atoms with Crippen molar-refractivity contribution in [2.45, 2.75) is 72.4 Å². The summed E-state index contributed by atoms with van der Waals surface area (Å²) in [4.78, 5) is 70.3. The van der Waals surface area contributed by atoms with Gasteiger partial charge in [0.05, 0.1) is 32.2 Å². The summed E-state index contributed by atoms with van der Waals surface area (Å²) >= 11 is 0. The number of nitrogens with one attached hydrogen (secondary N) is 1. The molecule has 0 spiro atoms. The smallest absolute Gasteiger partial charge is 0.317 e. The average molecular weight is 655 g/mol. The number of ketones is 1. The maximum Gasteiger partial charge on any atom is 0.317 e. The van der Waals surface area contributed by atoms with Gasteiger partial charge in [0.2, 0.25) is 5.91 Å². The highest BCUT2D eigenvalue weighted by molar-refractivity contribution is 5.88. The van der Waals surface area contributed by atoms with Gasteiger partial charge in [0.25, 0.3) is 0 Å². The fourth-order valence-corrected chi connectivity index (χ4v) is 6.10. The van der Waals surface area contributed by atoms with Gasteiger partial charge in [0.1, 0.15) is 0 Å². The number of carbonyl (C=O) groups is 5. The monoisotopic (exact) mass is 654 g/mol. The predicted octanol–water partition coefficient (Wildman–Crippen LogP) is 0.462. The molecule has 14 heteroatoms. The molecule has 2 aliphatic rings. The Labute approximate surface area is 274 Å². The fourth-order valence-electron chi connectivity index (χ4n) is 6.10. The van der Waals surface area contributed by atoms with Gasteiger partial charge >= 0.3 is 17.9 Å². The van der Waals surface area contributed by atoms with Crippen molar-refractivity contribution in [1.29, 1.82) is 0 Å². The van der Waals surface area contributed by atoms with Gasteiger partial charge < -0.3 is 25.5 Å². The van der Waals surface area contributed by atoms with Crippen molar-refractivity contribution in [2.24, 2.45) is 11.3 Å². The molecule has 14 nitrogen and oxygen atoms in total. The van der Waals surface area contributed by atoms with E-state index >= 15 is 0 Å². The summed E-state index contributed by atoms with van der Waals surface area (Å²) in [7, 11) is 0. The predicted molar refractivity (Wildman–Crippen MR) is 174 cm³/mol. The Hall–Kier alpha value is -2.65. The highest BCUT2D eigenvalue weighted by atomic mass is 16.4. The maximum absolute atomic E-state index is 13.5. The van der Waals surface area contributed by atoms with Crippen LogP contribution in [0.5, 0.6) is 0 Å². The van der Waals surface area contributed by atoms with Crippen molar-refractivity contribution in [1.82, 2.24) is 29.8 Å². The summed E-state index contributed by atoms with van der Waals surface area (Å²) in [5.41, 5.74) is -0.665. The van der Waals surface area contributed by atoms with Crippen LogP contribution in [0.3, 0.4) is 0 Å². The molecule has 264 valence electrons. The zero-order valence-corrected chi connectivity index (χ0v) is 28.8. The van der Waals surface area contributed by atoms with Crippen molar-refractivity contribution in [3.63, 3.8) is 0 Å². The van der Waals surface area contributed by atoms with E-state index in [2.05, 4.69) is 26.1 Å². The van der Waals surface area contributed by atoms with Gasteiger partial charge in [-0.1, -0.05) is 20.8 Å². The highest BCUT2D eigenvalue weighted by Gasteiger charge is 2.35. The Morgan fingerprint density at radius 2 is 0.957 bits per heavy atom. The van der Waals surface area contributed by atoms with Gasteiger partial charge in [-0.2, -0.15) is 0 Å². The van der Waals surface area contributed by atoms with Gasteiger partial charge in [-0.3, -0.25) is 43.6 Å². The minimum absolute atomic E-state index is 0.0251. The molecule has 0 saturated carbocycles. The van der Waals surface area contributed by atoms with Crippen molar-refractivity contribution >= 4 is 29.6 Å². The number of aliphatic carboxylic acids is 3. The Bertz CT molecular complexity index is 1000. The van der Waals surface area contributed by atoms with Crippen LogP contribution in [0.4, 0.5) is 0 Å². The molecule has 1 amide bonds. The Morgan fingerprint density at radius 1 is 0.609 bits per heavy atom. The Kier molecular flexibility index (Phi) is 15.5. The number of hydrogen-bond donors (Lipinski definition) is 4. The summed E-state index contributed by atoms with van der Waals surface area (Å²) in [6, 6.07) is -0.256. The molecule has 2 saturated heterocycles. The van der Waals surface area contributed by atoms with E-state index in [9.17, 15) is 39.3 Å². The second-order valence-electron chi connectivity index (χ2n) is 14.9. The number of likely N-dealkylation sites (tertiary alicyclic amines) is 1. The van der Waals surface area contributed by atoms with Gasteiger partial charge in [-0.05, 0) is 46.0 Å². The Balaban J connectivity index is 2.07. The normalized spacial score (nSPS) is 20.4. The molecule has 0 radical (unpaired) electrons. The van der Waals surface area contributed by atoms with Crippen LogP contribution in [0, 0.1) is 11.3 Å². The second-order valence-corrected chi connectivity index (χ2v) is 14.9. The summed E-state index contributed by atoms with van der Waals surface area (Å²) < 4.78 is 0. The summed E-state index contributed by atoms with van der Waals surface area (Å²) in [5.74, 6) is -2.50. The average Bonchev–Trinajstić information content (AvgIpc) is 2.92. The van der Waals surface area contributed by atoms with Crippen LogP contribution in [0.1, 0.15) is 60.8 Å². The zero-order chi connectivity index (χ0) is 34.7. The number of piperidine rings is 1. The summed E-state index contributed by atoms with van der Waals surface area (Å²) in [6.07, 6.45) is 2.33. The number of Topliss-reactive ketones (excluding diaryl/α,β-unsaturated/α-hetero) is 1. The molecule has 0 unspecified atom stereocenters. The standard InChI is InChI=1S/C32H58N6O8/c1-31(2,3)30(46)25(33-32(4,5)6)19-24-7-9-38(10-8-24)26(39)20-34-11-13-35(21-27(40)41)15-17-37(23-29(44)45)18-16-36(14-12-34)22-28(42)43/h24-25,33H,7-23H2,1-6H3,(H,40,41)(H,42,43)(H,44,45)/t25-/m0/s1. The lowest BCUT2D eigenvalue weighted by Crippen LogP contribution is -2.52. The molecule has 0 bridgehead atoms. The number of carbonyl (C=O) groups excluding carboxylic acids is 2. The molecule has 2 rings (SSSR count). The molecule has 2 aliphatic heterocycles. The van der Waals surface area contributed by atoms with Gasteiger partial charge in [-0.25, -0.2) is 0 Å². The van der Waals surface area contributed by atoms with E-state index in [4.69, 9.17) is 0 Å². The fraction of sp³-hybridized carbons (Fsp3) is 0.844. The third-order valence-corrected chi connectivity index (χ3v) is 8.56. The number of rotatable bonds is 12. The minimum Gasteiger partial charge on any atom is -0.480 e. The lowest BCUT2D eigenvalue weighted by atomic mass is 9.80. The topological polar surface area (TPSA) is 174 Å².